The highest BCUT2D eigenvalue weighted by atomic mass is 16.3. The Kier molecular flexibility index (Phi) is 4.83. The second-order valence-electron chi connectivity index (χ2n) is 6.52. The van der Waals surface area contributed by atoms with Crippen molar-refractivity contribution in [1.29, 1.82) is 0 Å². The summed E-state index contributed by atoms with van der Waals surface area (Å²) in [5.41, 5.74) is 2.18. The van der Waals surface area contributed by atoms with Crippen LogP contribution in [0, 0.1) is 0 Å². The van der Waals surface area contributed by atoms with Gasteiger partial charge in [-0.3, -0.25) is 14.6 Å². The molecule has 1 aromatic heterocycles. The summed E-state index contributed by atoms with van der Waals surface area (Å²) in [6.07, 6.45) is 1.62. The topological polar surface area (TPSA) is 79.3 Å². The number of carbonyl (C=O) groups is 2. The van der Waals surface area contributed by atoms with Crippen LogP contribution in [0.3, 0.4) is 0 Å². The molecule has 1 heterocycles. The van der Waals surface area contributed by atoms with Gasteiger partial charge in [0, 0.05) is 23.9 Å². The van der Waals surface area contributed by atoms with Crippen molar-refractivity contribution in [2.24, 2.45) is 0 Å². The number of Topliss-reactive ketones (excluding diaryl/α,β-unsaturated/α-hetero) is 2. The Morgan fingerprint density at radius 1 is 0.821 bits per heavy atom. The second-order valence-corrected chi connectivity index (χ2v) is 6.52. The van der Waals surface area contributed by atoms with E-state index >= 15 is 0 Å². The lowest BCUT2D eigenvalue weighted by molar-refractivity contribution is -0.112. The molecule has 5 heteroatoms. The Morgan fingerprint density at radius 2 is 1.50 bits per heavy atom. The van der Waals surface area contributed by atoms with Gasteiger partial charge in [-0.1, -0.05) is 60.7 Å². The molecule has 138 valence electrons. The fourth-order valence-corrected chi connectivity index (χ4v) is 3.37. The Labute approximate surface area is 162 Å². The standard InChI is InChI=1S/C23H18N2O3/c26-21-16-10-4-5-11-17(16)22(27)23(28)19(21)20(18-12-6-7-13-24-18)25-14-15-8-2-1-3-9-15/h1-13,20,25-26H,14H2. The number of nitrogens with zero attached hydrogens (tertiary/aromatic N) is 1. The first-order valence-electron chi connectivity index (χ1n) is 8.96. The largest absolute Gasteiger partial charge is 0.507 e. The van der Waals surface area contributed by atoms with Crippen LogP contribution in [0.5, 0.6) is 0 Å². The summed E-state index contributed by atoms with van der Waals surface area (Å²) in [4.78, 5) is 29.9. The highest BCUT2D eigenvalue weighted by Crippen LogP contribution is 2.34. The number of fused-ring (bicyclic) bond motifs is 1. The number of nitrogens with one attached hydrogen (secondary N) is 1. The number of rotatable bonds is 5. The number of pyridine rings is 1. The van der Waals surface area contributed by atoms with Crippen LogP contribution in [-0.4, -0.2) is 21.7 Å². The number of aliphatic hydroxyl groups excluding tert-OH is 1. The number of hydrogen-bond donors (Lipinski definition) is 2. The van der Waals surface area contributed by atoms with Crippen molar-refractivity contribution in [3.63, 3.8) is 0 Å². The van der Waals surface area contributed by atoms with Gasteiger partial charge >= 0.3 is 0 Å². The zero-order valence-electron chi connectivity index (χ0n) is 15.0. The zero-order chi connectivity index (χ0) is 19.5. The predicted octanol–water partition coefficient (Wildman–Crippen LogP) is 3.65. The summed E-state index contributed by atoms with van der Waals surface area (Å²) in [6.45, 7) is 0.446. The molecule has 2 aromatic carbocycles. The van der Waals surface area contributed by atoms with Crippen LogP contribution < -0.4 is 5.32 Å². The summed E-state index contributed by atoms with van der Waals surface area (Å²) in [5, 5.41) is 14.2. The van der Waals surface area contributed by atoms with E-state index in [9.17, 15) is 14.7 Å². The average molecular weight is 370 g/mol. The van der Waals surface area contributed by atoms with E-state index in [1.807, 2.05) is 30.3 Å². The molecular formula is C23H18N2O3. The van der Waals surface area contributed by atoms with Crippen LogP contribution in [0.15, 0.2) is 84.6 Å². The maximum Gasteiger partial charge on any atom is 0.235 e. The van der Waals surface area contributed by atoms with E-state index in [4.69, 9.17) is 0 Å². The molecule has 0 saturated carbocycles. The summed E-state index contributed by atoms with van der Waals surface area (Å²) in [5.74, 6) is -1.52. The number of aliphatic hydroxyl groups is 1. The molecule has 0 amide bonds. The van der Waals surface area contributed by atoms with Gasteiger partial charge < -0.3 is 10.4 Å². The van der Waals surface area contributed by atoms with E-state index in [1.165, 1.54) is 0 Å². The molecule has 1 unspecified atom stereocenters. The number of benzene rings is 2. The highest BCUT2D eigenvalue weighted by Gasteiger charge is 2.37. The molecule has 0 spiro atoms. The summed E-state index contributed by atoms with van der Waals surface area (Å²) in [7, 11) is 0. The van der Waals surface area contributed by atoms with Crippen LogP contribution >= 0.6 is 0 Å². The van der Waals surface area contributed by atoms with Crippen LogP contribution in [0.4, 0.5) is 0 Å². The molecule has 0 bridgehead atoms. The van der Waals surface area contributed by atoms with Crippen LogP contribution in [0.25, 0.3) is 5.76 Å². The van der Waals surface area contributed by atoms with Gasteiger partial charge in [-0.25, -0.2) is 0 Å². The third kappa shape index (κ3) is 3.23. The van der Waals surface area contributed by atoms with Crippen molar-refractivity contribution in [2.75, 3.05) is 0 Å². The molecule has 2 N–H and O–H groups in total. The molecule has 1 aliphatic carbocycles. The number of aromatic nitrogens is 1. The normalized spacial score (nSPS) is 14.7. The molecule has 0 radical (unpaired) electrons. The van der Waals surface area contributed by atoms with Crippen molar-refractivity contribution in [3.8, 4) is 0 Å². The molecule has 3 aromatic rings. The van der Waals surface area contributed by atoms with Crippen molar-refractivity contribution in [3.05, 3.63) is 107 Å². The fraction of sp³-hybridized carbons (Fsp3) is 0.0870. The van der Waals surface area contributed by atoms with Gasteiger partial charge in [0.2, 0.25) is 11.6 Å². The molecule has 4 rings (SSSR count). The molecule has 5 nitrogen and oxygen atoms in total. The minimum absolute atomic E-state index is 0.0262. The molecule has 0 fully saturated rings. The van der Waals surface area contributed by atoms with Crippen molar-refractivity contribution in [1.82, 2.24) is 10.3 Å². The third-order valence-corrected chi connectivity index (χ3v) is 4.76. The van der Waals surface area contributed by atoms with E-state index in [2.05, 4.69) is 10.3 Å². The van der Waals surface area contributed by atoms with Gasteiger partial charge in [0.25, 0.3) is 0 Å². The number of hydrogen-bond acceptors (Lipinski definition) is 5. The molecule has 28 heavy (non-hydrogen) atoms. The quantitative estimate of drug-likeness (QED) is 0.670. The lowest BCUT2D eigenvalue weighted by atomic mass is 9.84. The molecule has 1 atom stereocenters. The lowest BCUT2D eigenvalue weighted by Crippen LogP contribution is -2.33. The van der Waals surface area contributed by atoms with E-state index < -0.39 is 17.6 Å². The van der Waals surface area contributed by atoms with Gasteiger partial charge in [0.1, 0.15) is 5.76 Å². The van der Waals surface area contributed by atoms with Crippen LogP contribution in [0.2, 0.25) is 0 Å². The van der Waals surface area contributed by atoms with E-state index in [1.54, 1.807) is 48.7 Å². The van der Waals surface area contributed by atoms with Gasteiger partial charge in [0.05, 0.1) is 17.3 Å². The Morgan fingerprint density at radius 3 is 2.21 bits per heavy atom. The highest BCUT2D eigenvalue weighted by molar-refractivity contribution is 6.52. The third-order valence-electron chi connectivity index (χ3n) is 4.76. The average Bonchev–Trinajstić information content (AvgIpc) is 2.76. The SMILES string of the molecule is O=C1C(=O)c2ccccc2C(O)=C1C(NCc1ccccc1)c1ccccn1. The first-order valence-corrected chi connectivity index (χ1v) is 8.96. The van der Waals surface area contributed by atoms with Crippen molar-refractivity contribution in [2.45, 2.75) is 12.6 Å². The van der Waals surface area contributed by atoms with Crippen LogP contribution in [0.1, 0.15) is 33.2 Å². The predicted molar refractivity (Wildman–Crippen MR) is 106 cm³/mol. The van der Waals surface area contributed by atoms with E-state index in [0.717, 1.165) is 5.56 Å². The monoisotopic (exact) mass is 370 g/mol. The summed E-state index contributed by atoms with van der Waals surface area (Å²) < 4.78 is 0. The summed E-state index contributed by atoms with van der Waals surface area (Å²) in [6, 6.07) is 20.9. The van der Waals surface area contributed by atoms with Gasteiger partial charge in [-0.05, 0) is 17.7 Å². The van der Waals surface area contributed by atoms with Gasteiger partial charge in [-0.2, -0.15) is 0 Å². The van der Waals surface area contributed by atoms with Crippen LogP contribution in [-0.2, 0) is 11.3 Å². The smallest absolute Gasteiger partial charge is 0.235 e. The maximum absolute atomic E-state index is 12.9. The van der Waals surface area contributed by atoms with Gasteiger partial charge in [-0.15, -0.1) is 0 Å². The van der Waals surface area contributed by atoms with Gasteiger partial charge in [0.15, 0.2) is 0 Å². The number of carbonyl (C=O) groups excluding carboxylic acids is 2. The molecule has 0 aliphatic heterocycles. The van der Waals surface area contributed by atoms with E-state index in [0.29, 0.717) is 17.8 Å². The zero-order valence-corrected chi connectivity index (χ0v) is 15.0. The fourth-order valence-electron chi connectivity index (χ4n) is 3.37. The Hall–Kier alpha value is -3.57. The minimum atomic E-state index is -0.716. The minimum Gasteiger partial charge on any atom is -0.507 e. The van der Waals surface area contributed by atoms with Crippen molar-refractivity contribution >= 4 is 17.3 Å². The maximum atomic E-state index is 12.9. The first-order chi connectivity index (χ1) is 13.7. The molecule has 0 saturated heterocycles. The number of ketones is 2. The van der Waals surface area contributed by atoms with E-state index in [-0.39, 0.29) is 16.9 Å². The Bertz CT molecular complexity index is 1060. The second kappa shape index (κ2) is 7.58. The molecule has 1 aliphatic rings. The summed E-state index contributed by atoms with van der Waals surface area (Å²) >= 11 is 0. The van der Waals surface area contributed by atoms with Crippen molar-refractivity contribution < 1.29 is 14.7 Å². The Balaban J connectivity index is 1.79. The lowest BCUT2D eigenvalue weighted by Gasteiger charge is -2.25. The first kappa shape index (κ1) is 17.8. The molecular weight excluding hydrogens is 352 g/mol.